The molecule has 0 bridgehead atoms. The quantitative estimate of drug-likeness (QED) is 0.723. The van der Waals surface area contributed by atoms with E-state index in [0.717, 1.165) is 17.0 Å². The summed E-state index contributed by atoms with van der Waals surface area (Å²) in [4.78, 5) is 16.6. The number of rotatable bonds is 6. The minimum atomic E-state index is -0.302. The molecule has 0 aliphatic heterocycles. The number of hydrogen-bond donors (Lipinski definition) is 1. The van der Waals surface area contributed by atoms with Gasteiger partial charge in [0, 0.05) is 11.6 Å². The number of carbonyl (C=O) groups excluding carboxylic acids is 1. The molecule has 2 aromatic carbocycles. The SMILES string of the molecule is COc1cccc(CCNC(=O)c2nc(C)n(-c3ccc(Cl)cc3)n2)c1. The average molecular weight is 371 g/mol. The maximum absolute atomic E-state index is 12.3. The standard InChI is InChI=1S/C19H19ClN4O2/c1-13-22-18(23-24(13)16-8-6-15(20)7-9-16)19(25)21-11-10-14-4-3-5-17(12-14)26-2/h3-9,12H,10-11H2,1-2H3,(H,21,25). The van der Waals surface area contributed by atoms with Crippen LogP contribution in [0.2, 0.25) is 5.02 Å². The molecule has 0 atom stereocenters. The topological polar surface area (TPSA) is 69.0 Å². The summed E-state index contributed by atoms with van der Waals surface area (Å²) in [6, 6.07) is 14.9. The first kappa shape index (κ1) is 17.9. The van der Waals surface area contributed by atoms with Crippen LogP contribution in [0.1, 0.15) is 22.0 Å². The number of nitrogens with one attached hydrogen (secondary N) is 1. The van der Waals surface area contributed by atoms with Gasteiger partial charge in [0.25, 0.3) is 5.91 Å². The largest absolute Gasteiger partial charge is 0.497 e. The van der Waals surface area contributed by atoms with E-state index in [1.54, 1.807) is 30.8 Å². The normalized spacial score (nSPS) is 10.6. The first-order chi connectivity index (χ1) is 12.6. The Morgan fingerprint density at radius 2 is 2.00 bits per heavy atom. The van der Waals surface area contributed by atoms with Crippen molar-refractivity contribution in [2.75, 3.05) is 13.7 Å². The predicted molar refractivity (Wildman–Crippen MR) is 100 cm³/mol. The number of amides is 1. The summed E-state index contributed by atoms with van der Waals surface area (Å²) in [5, 5.41) is 7.78. The third-order valence-electron chi connectivity index (χ3n) is 3.88. The number of methoxy groups -OCH3 is 1. The maximum Gasteiger partial charge on any atom is 0.290 e. The molecule has 7 heteroatoms. The van der Waals surface area contributed by atoms with E-state index in [1.165, 1.54) is 0 Å². The van der Waals surface area contributed by atoms with Gasteiger partial charge in [-0.3, -0.25) is 4.79 Å². The van der Waals surface area contributed by atoms with Crippen molar-refractivity contribution in [3.05, 3.63) is 70.8 Å². The summed E-state index contributed by atoms with van der Waals surface area (Å²) in [6.45, 7) is 2.29. The van der Waals surface area contributed by atoms with Crippen molar-refractivity contribution in [1.29, 1.82) is 0 Å². The van der Waals surface area contributed by atoms with Crippen LogP contribution in [-0.2, 0) is 6.42 Å². The molecule has 0 spiro atoms. The van der Waals surface area contributed by atoms with Gasteiger partial charge >= 0.3 is 0 Å². The van der Waals surface area contributed by atoms with E-state index in [-0.39, 0.29) is 11.7 Å². The molecule has 0 aliphatic carbocycles. The van der Waals surface area contributed by atoms with Gasteiger partial charge in [-0.15, -0.1) is 5.10 Å². The average Bonchev–Trinajstić information content (AvgIpc) is 3.04. The molecule has 0 unspecified atom stereocenters. The van der Waals surface area contributed by atoms with Gasteiger partial charge in [0.15, 0.2) is 0 Å². The molecule has 26 heavy (non-hydrogen) atoms. The lowest BCUT2D eigenvalue weighted by atomic mass is 10.1. The summed E-state index contributed by atoms with van der Waals surface area (Å²) in [6.07, 6.45) is 0.694. The van der Waals surface area contributed by atoms with E-state index in [1.807, 2.05) is 36.4 Å². The summed E-state index contributed by atoms with van der Waals surface area (Å²) in [5.41, 5.74) is 1.88. The molecule has 134 valence electrons. The fourth-order valence-electron chi connectivity index (χ4n) is 2.54. The summed E-state index contributed by atoms with van der Waals surface area (Å²) < 4.78 is 6.82. The van der Waals surface area contributed by atoms with Gasteiger partial charge in [0.05, 0.1) is 12.8 Å². The zero-order valence-electron chi connectivity index (χ0n) is 14.6. The van der Waals surface area contributed by atoms with Crippen molar-refractivity contribution in [1.82, 2.24) is 20.1 Å². The van der Waals surface area contributed by atoms with Gasteiger partial charge in [-0.25, -0.2) is 9.67 Å². The fraction of sp³-hybridized carbons (Fsp3) is 0.211. The molecular formula is C19H19ClN4O2. The van der Waals surface area contributed by atoms with E-state index in [0.29, 0.717) is 23.8 Å². The predicted octanol–water partition coefficient (Wildman–Crippen LogP) is 3.21. The lowest BCUT2D eigenvalue weighted by molar-refractivity contribution is 0.0944. The molecule has 0 saturated heterocycles. The van der Waals surface area contributed by atoms with Crippen LogP contribution < -0.4 is 10.1 Å². The summed E-state index contributed by atoms with van der Waals surface area (Å²) in [7, 11) is 1.63. The van der Waals surface area contributed by atoms with E-state index in [9.17, 15) is 4.79 Å². The third-order valence-corrected chi connectivity index (χ3v) is 4.13. The number of ether oxygens (including phenoxy) is 1. The lowest BCUT2D eigenvalue weighted by Gasteiger charge is -2.05. The van der Waals surface area contributed by atoms with Crippen molar-refractivity contribution < 1.29 is 9.53 Å². The Bertz CT molecular complexity index is 906. The third kappa shape index (κ3) is 4.21. The van der Waals surface area contributed by atoms with Gasteiger partial charge < -0.3 is 10.1 Å². The lowest BCUT2D eigenvalue weighted by Crippen LogP contribution is -2.26. The van der Waals surface area contributed by atoms with Gasteiger partial charge in [0.2, 0.25) is 5.82 Å². The fourth-order valence-corrected chi connectivity index (χ4v) is 2.67. The number of aromatic nitrogens is 3. The number of carbonyl (C=O) groups is 1. The Kier molecular flexibility index (Phi) is 5.53. The highest BCUT2D eigenvalue weighted by atomic mass is 35.5. The smallest absolute Gasteiger partial charge is 0.290 e. The Morgan fingerprint density at radius 3 is 2.73 bits per heavy atom. The molecule has 0 saturated carbocycles. The van der Waals surface area contributed by atoms with Crippen LogP contribution in [0.3, 0.4) is 0 Å². The van der Waals surface area contributed by atoms with Crippen molar-refractivity contribution >= 4 is 17.5 Å². The van der Waals surface area contributed by atoms with E-state index in [2.05, 4.69) is 15.4 Å². The van der Waals surface area contributed by atoms with Gasteiger partial charge in [0.1, 0.15) is 11.6 Å². The van der Waals surface area contributed by atoms with Crippen molar-refractivity contribution in [3.63, 3.8) is 0 Å². The number of benzene rings is 2. The number of aryl methyl sites for hydroxylation is 1. The number of nitrogens with zero attached hydrogens (tertiary/aromatic N) is 3. The van der Waals surface area contributed by atoms with Crippen LogP contribution in [-0.4, -0.2) is 34.3 Å². The van der Waals surface area contributed by atoms with Crippen molar-refractivity contribution in [3.8, 4) is 11.4 Å². The Morgan fingerprint density at radius 1 is 1.23 bits per heavy atom. The molecule has 0 radical (unpaired) electrons. The second kappa shape index (κ2) is 8.01. The highest BCUT2D eigenvalue weighted by Gasteiger charge is 2.14. The van der Waals surface area contributed by atoms with Crippen LogP contribution in [0, 0.1) is 6.92 Å². The van der Waals surface area contributed by atoms with Crippen LogP contribution in [0.25, 0.3) is 5.69 Å². The molecule has 1 aromatic heterocycles. The molecule has 1 N–H and O–H groups in total. The van der Waals surface area contributed by atoms with Crippen molar-refractivity contribution in [2.45, 2.75) is 13.3 Å². The molecular weight excluding hydrogens is 352 g/mol. The molecule has 1 amide bonds. The summed E-state index contributed by atoms with van der Waals surface area (Å²) in [5.74, 6) is 1.27. The molecule has 0 aliphatic rings. The summed E-state index contributed by atoms with van der Waals surface area (Å²) >= 11 is 5.90. The van der Waals surface area contributed by atoms with E-state index < -0.39 is 0 Å². The van der Waals surface area contributed by atoms with Crippen molar-refractivity contribution in [2.24, 2.45) is 0 Å². The molecule has 0 fully saturated rings. The van der Waals surface area contributed by atoms with Crippen LogP contribution in [0.15, 0.2) is 48.5 Å². The number of hydrogen-bond acceptors (Lipinski definition) is 4. The zero-order valence-corrected chi connectivity index (χ0v) is 15.3. The molecule has 1 heterocycles. The second-order valence-corrected chi connectivity index (χ2v) is 6.16. The second-order valence-electron chi connectivity index (χ2n) is 5.73. The Labute approximate surface area is 156 Å². The minimum absolute atomic E-state index is 0.142. The minimum Gasteiger partial charge on any atom is -0.497 e. The van der Waals surface area contributed by atoms with E-state index >= 15 is 0 Å². The molecule has 3 aromatic rings. The molecule has 3 rings (SSSR count). The maximum atomic E-state index is 12.3. The van der Waals surface area contributed by atoms with Gasteiger partial charge in [-0.1, -0.05) is 23.7 Å². The Balaban J connectivity index is 1.63. The highest BCUT2D eigenvalue weighted by Crippen LogP contribution is 2.15. The van der Waals surface area contributed by atoms with Gasteiger partial charge in [-0.2, -0.15) is 0 Å². The van der Waals surface area contributed by atoms with Crippen LogP contribution in [0.4, 0.5) is 0 Å². The van der Waals surface area contributed by atoms with Gasteiger partial charge in [-0.05, 0) is 55.3 Å². The molecule has 6 nitrogen and oxygen atoms in total. The monoisotopic (exact) mass is 370 g/mol. The zero-order chi connectivity index (χ0) is 18.5. The number of halogens is 1. The van der Waals surface area contributed by atoms with E-state index in [4.69, 9.17) is 16.3 Å². The van der Waals surface area contributed by atoms with Crippen LogP contribution >= 0.6 is 11.6 Å². The first-order valence-corrected chi connectivity index (χ1v) is 8.55. The Hall–Kier alpha value is -2.86. The first-order valence-electron chi connectivity index (χ1n) is 8.17. The highest BCUT2D eigenvalue weighted by molar-refractivity contribution is 6.30. The van der Waals surface area contributed by atoms with Crippen LogP contribution in [0.5, 0.6) is 5.75 Å².